The minimum Gasteiger partial charge on any atom is -0.435 e. The van der Waals surface area contributed by atoms with Gasteiger partial charge in [-0.05, 0) is 55.3 Å². The Bertz CT molecular complexity index is 1050. The summed E-state index contributed by atoms with van der Waals surface area (Å²) in [4.78, 5) is 17.4. The van der Waals surface area contributed by atoms with Crippen molar-refractivity contribution in [3.8, 4) is 5.75 Å². The van der Waals surface area contributed by atoms with Crippen molar-refractivity contribution in [3.63, 3.8) is 0 Å². The van der Waals surface area contributed by atoms with Crippen LogP contribution in [0.25, 0.3) is 10.9 Å². The Kier molecular flexibility index (Phi) is 7.45. The second kappa shape index (κ2) is 10.4. The number of alkyl halides is 2. The first-order valence-electron chi connectivity index (χ1n) is 9.49. The highest BCUT2D eigenvalue weighted by Crippen LogP contribution is 2.15. The van der Waals surface area contributed by atoms with Crippen LogP contribution in [0.5, 0.6) is 5.75 Å². The number of para-hydroxylation sites is 1. The predicted molar refractivity (Wildman–Crippen MR) is 111 cm³/mol. The normalized spacial score (nSPS) is 11.5. The summed E-state index contributed by atoms with van der Waals surface area (Å²) in [6.07, 6.45) is 2.15. The van der Waals surface area contributed by atoms with Gasteiger partial charge in [-0.25, -0.2) is 10.4 Å². The smallest absolute Gasteiger partial charge is 0.387 e. The van der Waals surface area contributed by atoms with Gasteiger partial charge in [0.25, 0.3) is 5.56 Å². The zero-order valence-electron chi connectivity index (χ0n) is 16.4. The van der Waals surface area contributed by atoms with Gasteiger partial charge in [0.2, 0.25) is 5.95 Å². The van der Waals surface area contributed by atoms with Gasteiger partial charge in [-0.2, -0.15) is 13.9 Å². The van der Waals surface area contributed by atoms with Crippen LogP contribution in [-0.2, 0) is 11.3 Å². The van der Waals surface area contributed by atoms with Gasteiger partial charge in [-0.15, -0.1) is 0 Å². The monoisotopic (exact) mass is 416 g/mol. The molecule has 0 aliphatic heterocycles. The molecule has 1 aromatic heterocycles. The van der Waals surface area contributed by atoms with Gasteiger partial charge in [-0.1, -0.05) is 12.1 Å². The number of nitrogens with zero attached hydrogens (tertiary/aromatic N) is 3. The number of hydrogen-bond acceptors (Lipinski definition) is 6. The average Bonchev–Trinajstić information content (AvgIpc) is 2.74. The largest absolute Gasteiger partial charge is 0.435 e. The Hall–Kier alpha value is -3.33. The number of fused-ring (bicyclic) bond motifs is 1. The van der Waals surface area contributed by atoms with Gasteiger partial charge in [0.1, 0.15) is 5.75 Å². The van der Waals surface area contributed by atoms with E-state index in [0.717, 1.165) is 0 Å². The molecule has 1 heterocycles. The van der Waals surface area contributed by atoms with Crippen LogP contribution in [-0.4, -0.2) is 35.6 Å². The van der Waals surface area contributed by atoms with E-state index in [4.69, 9.17) is 4.74 Å². The SMILES string of the molecule is CCOCCCn1c(N/N=C\c2ccc(OC(F)F)cc2)nc2ccccc2c1=O. The molecule has 2 aromatic carbocycles. The lowest BCUT2D eigenvalue weighted by atomic mass is 10.2. The molecule has 0 fully saturated rings. The van der Waals surface area contributed by atoms with Crippen molar-refractivity contribution in [1.29, 1.82) is 0 Å². The van der Waals surface area contributed by atoms with Gasteiger partial charge in [0, 0.05) is 19.8 Å². The first kappa shape index (κ1) is 21.4. The minimum absolute atomic E-state index is 0.0643. The first-order valence-corrected chi connectivity index (χ1v) is 9.49. The molecule has 0 amide bonds. The molecule has 0 saturated carbocycles. The summed E-state index contributed by atoms with van der Waals surface area (Å²) in [6.45, 7) is 0.614. The van der Waals surface area contributed by atoms with Crippen molar-refractivity contribution in [2.75, 3.05) is 18.6 Å². The molecule has 0 radical (unpaired) electrons. The molecule has 3 aromatic rings. The summed E-state index contributed by atoms with van der Waals surface area (Å²) in [7, 11) is 0. The lowest BCUT2D eigenvalue weighted by Gasteiger charge is -2.12. The van der Waals surface area contributed by atoms with Crippen molar-refractivity contribution < 1.29 is 18.3 Å². The molecule has 158 valence electrons. The van der Waals surface area contributed by atoms with E-state index in [1.807, 2.05) is 13.0 Å². The molecular formula is C21H22F2N4O3. The summed E-state index contributed by atoms with van der Waals surface area (Å²) in [6, 6.07) is 13.1. The van der Waals surface area contributed by atoms with Crippen molar-refractivity contribution in [2.45, 2.75) is 26.5 Å². The van der Waals surface area contributed by atoms with E-state index in [2.05, 4.69) is 20.2 Å². The van der Waals surface area contributed by atoms with Gasteiger partial charge in [-0.3, -0.25) is 9.36 Å². The van der Waals surface area contributed by atoms with E-state index < -0.39 is 6.61 Å². The molecule has 0 spiro atoms. The van der Waals surface area contributed by atoms with Crippen molar-refractivity contribution >= 4 is 23.1 Å². The summed E-state index contributed by atoms with van der Waals surface area (Å²) in [5.74, 6) is 0.374. The predicted octanol–water partition coefficient (Wildman–Crippen LogP) is 3.87. The number of benzene rings is 2. The molecule has 0 saturated heterocycles. The minimum atomic E-state index is -2.87. The third-order valence-electron chi connectivity index (χ3n) is 4.22. The summed E-state index contributed by atoms with van der Waals surface area (Å²) >= 11 is 0. The lowest BCUT2D eigenvalue weighted by Crippen LogP contribution is -2.25. The highest BCUT2D eigenvalue weighted by molar-refractivity contribution is 5.81. The van der Waals surface area contributed by atoms with Gasteiger partial charge in [0.05, 0.1) is 17.1 Å². The Balaban J connectivity index is 1.79. The fraction of sp³-hybridized carbons (Fsp3) is 0.286. The van der Waals surface area contributed by atoms with Crippen molar-refractivity contribution in [1.82, 2.24) is 9.55 Å². The van der Waals surface area contributed by atoms with E-state index in [0.29, 0.717) is 48.6 Å². The second-order valence-corrected chi connectivity index (χ2v) is 6.28. The Morgan fingerprint density at radius 2 is 1.97 bits per heavy atom. The van der Waals surface area contributed by atoms with Crippen LogP contribution in [0, 0.1) is 0 Å². The van der Waals surface area contributed by atoms with Crippen LogP contribution >= 0.6 is 0 Å². The van der Waals surface area contributed by atoms with Crippen LogP contribution in [0.15, 0.2) is 58.4 Å². The highest BCUT2D eigenvalue weighted by Gasteiger charge is 2.10. The molecule has 3 rings (SSSR count). The van der Waals surface area contributed by atoms with Crippen molar-refractivity contribution in [3.05, 3.63) is 64.4 Å². The molecule has 7 nitrogen and oxygen atoms in total. The maximum absolute atomic E-state index is 12.9. The maximum atomic E-state index is 12.9. The quantitative estimate of drug-likeness (QED) is 0.308. The van der Waals surface area contributed by atoms with Gasteiger partial charge in [0.15, 0.2) is 0 Å². The molecular weight excluding hydrogens is 394 g/mol. The number of ether oxygens (including phenoxy) is 2. The highest BCUT2D eigenvalue weighted by atomic mass is 19.3. The number of hydrogen-bond donors (Lipinski definition) is 1. The Labute approximate surface area is 172 Å². The second-order valence-electron chi connectivity index (χ2n) is 6.28. The first-order chi connectivity index (χ1) is 14.6. The fourth-order valence-electron chi connectivity index (χ4n) is 2.83. The number of anilines is 1. The number of hydrazone groups is 1. The number of halogens is 2. The zero-order chi connectivity index (χ0) is 21.3. The van der Waals surface area contributed by atoms with Crippen molar-refractivity contribution in [2.24, 2.45) is 5.10 Å². The summed E-state index contributed by atoms with van der Waals surface area (Å²) < 4.78 is 35.6. The number of aromatic nitrogens is 2. The van der Waals surface area contributed by atoms with Crippen LogP contribution in [0.4, 0.5) is 14.7 Å². The van der Waals surface area contributed by atoms with Crippen LogP contribution in [0.3, 0.4) is 0 Å². The maximum Gasteiger partial charge on any atom is 0.387 e. The summed E-state index contributed by atoms with van der Waals surface area (Å²) in [5.41, 5.74) is 3.87. The topological polar surface area (TPSA) is 77.7 Å². The van der Waals surface area contributed by atoms with E-state index in [1.165, 1.54) is 22.9 Å². The molecule has 30 heavy (non-hydrogen) atoms. The van der Waals surface area contributed by atoms with E-state index in [-0.39, 0.29) is 11.3 Å². The average molecular weight is 416 g/mol. The van der Waals surface area contributed by atoms with E-state index >= 15 is 0 Å². The summed E-state index contributed by atoms with van der Waals surface area (Å²) in [5, 5.41) is 4.66. The molecule has 0 aliphatic rings. The standard InChI is InChI=1S/C21H22F2N4O3/c1-2-29-13-5-12-27-19(28)17-6-3-4-7-18(17)25-21(27)26-24-14-15-8-10-16(11-9-15)30-20(22)23/h3-4,6-11,14,20H,2,5,12-13H2,1H3,(H,25,26)/b24-14-. The molecule has 9 heteroatoms. The zero-order valence-corrected chi connectivity index (χ0v) is 16.4. The van der Waals surface area contributed by atoms with E-state index in [1.54, 1.807) is 30.3 Å². The third kappa shape index (κ3) is 5.60. The van der Waals surface area contributed by atoms with E-state index in [9.17, 15) is 13.6 Å². The molecule has 1 N–H and O–H groups in total. The third-order valence-corrected chi connectivity index (χ3v) is 4.22. The fourth-order valence-corrected chi connectivity index (χ4v) is 2.83. The Morgan fingerprint density at radius 1 is 1.20 bits per heavy atom. The molecule has 0 bridgehead atoms. The van der Waals surface area contributed by atoms with Gasteiger partial charge < -0.3 is 9.47 Å². The van der Waals surface area contributed by atoms with Crippen LogP contribution in [0.1, 0.15) is 18.9 Å². The number of nitrogens with one attached hydrogen (secondary N) is 1. The Morgan fingerprint density at radius 3 is 2.70 bits per heavy atom. The lowest BCUT2D eigenvalue weighted by molar-refractivity contribution is -0.0498. The molecule has 0 unspecified atom stereocenters. The van der Waals surface area contributed by atoms with Gasteiger partial charge >= 0.3 is 6.61 Å². The van der Waals surface area contributed by atoms with Crippen LogP contribution < -0.4 is 15.7 Å². The molecule has 0 atom stereocenters. The van der Waals surface area contributed by atoms with Crippen LogP contribution in [0.2, 0.25) is 0 Å². The molecule has 0 aliphatic carbocycles. The number of rotatable bonds is 10.